The highest BCUT2D eigenvalue weighted by Crippen LogP contribution is 2.11. The number of esters is 1. The summed E-state index contributed by atoms with van der Waals surface area (Å²) in [6.45, 7) is 8.16. The van der Waals surface area contributed by atoms with Crippen molar-refractivity contribution in [1.29, 1.82) is 0 Å². The van der Waals surface area contributed by atoms with Crippen LogP contribution in [0.5, 0.6) is 0 Å². The molecule has 3 nitrogen and oxygen atoms in total. The SMILES string of the molecule is Cc1ccc(C)c(COCC(=O)OC(C)C)c1. The zero-order chi connectivity index (χ0) is 12.8. The number of ether oxygens (including phenoxy) is 2. The van der Waals surface area contributed by atoms with Crippen molar-refractivity contribution in [2.75, 3.05) is 6.61 Å². The number of benzene rings is 1. The van der Waals surface area contributed by atoms with E-state index in [1.165, 1.54) is 11.1 Å². The maximum Gasteiger partial charge on any atom is 0.332 e. The Balaban J connectivity index is 2.40. The second-order valence-electron chi connectivity index (χ2n) is 4.46. The Hall–Kier alpha value is -1.35. The maximum absolute atomic E-state index is 11.2. The lowest BCUT2D eigenvalue weighted by molar-refractivity contribution is -0.153. The zero-order valence-corrected chi connectivity index (χ0v) is 10.9. The summed E-state index contributed by atoms with van der Waals surface area (Å²) in [5.41, 5.74) is 3.48. The molecule has 0 N–H and O–H groups in total. The number of aryl methyl sites for hydroxylation is 2. The second-order valence-corrected chi connectivity index (χ2v) is 4.46. The Kier molecular flexibility index (Phi) is 5.16. The summed E-state index contributed by atoms with van der Waals surface area (Å²) < 4.78 is 10.3. The third-order valence-electron chi connectivity index (χ3n) is 2.35. The molecule has 0 saturated heterocycles. The standard InChI is InChI=1S/C14H20O3/c1-10(2)17-14(15)9-16-8-13-7-11(3)5-6-12(13)4/h5-7,10H,8-9H2,1-4H3. The summed E-state index contributed by atoms with van der Waals surface area (Å²) in [6.07, 6.45) is -0.0909. The highest BCUT2D eigenvalue weighted by atomic mass is 16.6. The van der Waals surface area contributed by atoms with Crippen LogP contribution in [-0.2, 0) is 20.9 Å². The van der Waals surface area contributed by atoms with Gasteiger partial charge < -0.3 is 9.47 Å². The summed E-state index contributed by atoms with van der Waals surface area (Å²) in [6, 6.07) is 6.19. The topological polar surface area (TPSA) is 35.5 Å². The van der Waals surface area contributed by atoms with E-state index in [-0.39, 0.29) is 18.7 Å². The van der Waals surface area contributed by atoms with Crippen LogP contribution < -0.4 is 0 Å². The number of hydrogen-bond donors (Lipinski definition) is 0. The molecule has 1 rings (SSSR count). The predicted molar refractivity (Wildman–Crippen MR) is 66.8 cm³/mol. The molecule has 0 atom stereocenters. The monoisotopic (exact) mass is 236 g/mol. The lowest BCUT2D eigenvalue weighted by Crippen LogP contribution is -2.17. The van der Waals surface area contributed by atoms with Crippen LogP contribution in [0.2, 0.25) is 0 Å². The van der Waals surface area contributed by atoms with Crippen LogP contribution in [0.15, 0.2) is 18.2 Å². The van der Waals surface area contributed by atoms with E-state index in [0.29, 0.717) is 6.61 Å². The van der Waals surface area contributed by atoms with Crippen LogP contribution in [0.4, 0.5) is 0 Å². The van der Waals surface area contributed by atoms with Gasteiger partial charge in [-0.25, -0.2) is 4.79 Å². The zero-order valence-electron chi connectivity index (χ0n) is 10.9. The molecule has 3 heteroatoms. The average Bonchev–Trinajstić information content (AvgIpc) is 2.22. The van der Waals surface area contributed by atoms with Gasteiger partial charge in [0.1, 0.15) is 6.61 Å². The molecular formula is C14H20O3. The molecule has 0 fully saturated rings. The van der Waals surface area contributed by atoms with Gasteiger partial charge in [-0.15, -0.1) is 0 Å². The molecule has 0 aliphatic heterocycles. The molecule has 0 heterocycles. The summed E-state index contributed by atoms with van der Waals surface area (Å²) in [7, 11) is 0. The minimum atomic E-state index is -0.315. The molecule has 94 valence electrons. The van der Waals surface area contributed by atoms with Crippen LogP contribution in [0.3, 0.4) is 0 Å². The number of carbonyl (C=O) groups excluding carboxylic acids is 1. The number of rotatable bonds is 5. The lowest BCUT2D eigenvalue weighted by atomic mass is 10.1. The van der Waals surface area contributed by atoms with Crippen molar-refractivity contribution in [2.24, 2.45) is 0 Å². The Morgan fingerprint density at radius 3 is 2.65 bits per heavy atom. The fourth-order valence-corrected chi connectivity index (χ4v) is 1.50. The van der Waals surface area contributed by atoms with Crippen molar-refractivity contribution < 1.29 is 14.3 Å². The van der Waals surface area contributed by atoms with Gasteiger partial charge in [-0.05, 0) is 38.8 Å². The molecule has 1 aromatic rings. The van der Waals surface area contributed by atoms with Gasteiger partial charge in [0.05, 0.1) is 12.7 Å². The van der Waals surface area contributed by atoms with E-state index in [0.717, 1.165) is 5.56 Å². The van der Waals surface area contributed by atoms with Crippen molar-refractivity contribution in [3.63, 3.8) is 0 Å². The van der Waals surface area contributed by atoms with Crippen molar-refractivity contribution >= 4 is 5.97 Å². The van der Waals surface area contributed by atoms with Gasteiger partial charge in [0, 0.05) is 0 Å². The first-order chi connectivity index (χ1) is 7.99. The first kappa shape index (κ1) is 13.7. The summed E-state index contributed by atoms with van der Waals surface area (Å²) in [4.78, 5) is 11.2. The minimum absolute atomic E-state index is 0.00552. The van der Waals surface area contributed by atoms with Crippen molar-refractivity contribution in [3.8, 4) is 0 Å². The van der Waals surface area contributed by atoms with E-state index in [1.54, 1.807) is 0 Å². The molecule has 0 bridgehead atoms. The van der Waals surface area contributed by atoms with E-state index in [4.69, 9.17) is 9.47 Å². The summed E-state index contributed by atoms with van der Waals surface area (Å²) in [5.74, 6) is -0.315. The van der Waals surface area contributed by atoms with Gasteiger partial charge in [0.15, 0.2) is 0 Å². The number of hydrogen-bond acceptors (Lipinski definition) is 3. The van der Waals surface area contributed by atoms with Crippen molar-refractivity contribution in [3.05, 3.63) is 34.9 Å². The van der Waals surface area contributed by atoms with E-state index in [1.807, 2.05) is 27.7 Å². The quantitative estimate of drug-likeness (QED) is 0.737. The normalized spacial score (nSPS) is 10.6. The average molecular weight is 236 g/mol. The molecule has 0 amide bonds. The van der Waals surface area contributed by atoms with Crippen molar-refractivity contribution in [1.82, 2.24) is 0 Å². The Bertz CT molecular complexity index is 383. The fraction of sp³-hybridized carbons (Fsp3) is 0.500. The van der Waals surface area contributed by atoms with Gasteiger partial charge in [-0.2, -0.15) is 0 Å². The van der Waals surface area contributed by atoms with E-state index >= 15 is 0 Å². The molecule has 17 heavy (non-hydrogen) atoms. The maximum atomic E-state index is 11.2. The molecule has 1 aromatic carbocycles. The van der Waals surface area contributed by atoms with E-state index in [2.05, 4.69) is 18.2 Å². The summed E-state index contributed by atoms with van der Waals surface area (Å²) in [5, 5.41) is 0. The largest absolute Gasteiger partial charge is 0.461 e. The smallest absolute Gasteiger partial charge is 0.332 e. The van der Waals surface area contributed by atoms with Gasteiger partial charge in [0.25, 0.3) is 0 Å². The van der Waals surface area contributed by atoms with Gasteiger partial charge in [0.2, 0.25) is 0 Å². The van der Waals surface area contributed by atoms with E-state index < -0.39 is 0 Å². The van der Waals surface area contributed by atoms with Gasteiger partial charge >= 0.3 is 5.97 Å². The molecule has 0 unspecified atom stereocenters. The van der Waals surface area contributed by atoms with Crippen LogP contribution in [0, 0.1) is 13.8 Å². The van der Waals surface area contributed by atoms with Crippen LogP contribution >= 0.6 is 0 Å². The highest BCUT2D eigenvalue weighted by molar-refractivity contribution is 5.70. The molecule has 0 radical (unpaired) electrons. The molecule has 0 spiro atoms. The van der Waals surface area contributed by atoms with E-state index in [9.17, 15) is 4.79 Å². The Labute approximate surface area is 103 Å². The van der Waals surface area contributed by atoms with Crippen LogP contribution in [0.25, 0.3) is 0 Å². The molecule has 0 aromatic heterocycles. The van der Waals surface area contributed by atoms with Crippen LogP contribution in [-0.4, -0.2) is 18.7 Å². The first-order valence-corrected chi connectivity index (χ1v) is 5.82. The third-order valence-corrected chi connectivity index (χ3v) is 2.35. The predicted octanol–water partition coefficient (Wildman–Crippen LogP) is 2.77. The van der Waals surface area contributed by atoms with Gasteiger partial charge in [-0.3, -0.25) is 0 Å². The number of carbonyl (C=O) groups is 1. The fourth-order valence-electron chi connectivity index (χ4n) is 1.50. The Morgan fingerprint density at radius 1 is 1.29 bits per heavy atom. The summed E-state index contributed by atoms with van der Waals surface area (Å²) >= 11 is 0. The molecule has 0 saturated carbocycles. The molecule has 0 aliphatic rings. The molecule has 0 aliphatic carbocycles. The highest BCUT2D eigenvalue weighted by Gasteiger charge is 2.06. The third kappa shape index (κ3) is 5.00. The molecular weight excluding hydrogens is 216 g/mol. The second kappa shape index (κ2) is 6.40. The first-order valence-electron chi connectivity index (χ1n) is 5.82. The Morgan fingerprint density at radius 2 is 2.00 bits per heavy atom. The van der Waals surface area contributed by atoms with Gasteiger partial charge in [-0.1, -0.05) is 23.8 Å². The van der Waals surface area contributed by atoms with Crippen molar-refractivity contribution in [2.45, 2.75) is 40.4 Å². The van der Waals surface area contributed by atoms with Crippen LogP contribution in [0.1, 0.15) is 30.5 Å². The minimum Gasteiger partial charge on any atom is -0.461 e. The lowest BCUT2D eigenvalue weighted by Gasteiger charge is -2.10.